The topological polar surface area (TPSA) is 47.6 Å². The van der Waals surface area contributed by atoms with Crippen LogP contribution < -0.4 is 10.1 Å². The molecule has 1 aliphatic rings. The monoisotopic (exact) mass is 339 g/mol. The maximum absolute atomic E-state index is 12.1. The van der Waals surface area contributed by atoms with Crippen LogP contribution in [0.4, 0.5) is 0 Å². The number of nitrogens with one attached hydrogen (secondary N) is 1. The molecule has 1 aromatic rings. The standard InChI is InChI=1S/C15H18BrNO3/c1-10(11-5-6-14(19-2)13(16)8-11)17-15(18)12-4-3-7-20-9-12/h5-6,8-10H,3-4,7H2,1-2H3,(H,17,18)/t10-/m1/s1. The molecule has 0 spiro atoms. The van der Waals surface area contributed by atoms with Gasteiger partial charge in [-0.25, -0.2) is 0 Å². The number of benzene rings is 1. The van der Waals surface area contributed by atoms with Crippen LogP contribution in [0.15, 0.2) is 34.5 Å². The first-order chi connectivity index (χ1) is 9.61. The van der Waals surface area contributed by atoms with Crippen molar-refractivity contribution < 1.29 is 14.3 Å². The first-order valence-electron chi connectivity index (χ1n) is 6.56. The molecule has 0 radical (unpaired) electrons. The zero-order valence-corrected chi connectivity index (χ0v) is 13.2. The second-order valence-electron chi connectivity index (χ2n) is 4.71. The van der Waals surface area contributed by atoms with Crippen LogP contribution in [0, 0.1) is 0 Å². The van der Waals surface area contributed by atoms with Gasteiger partial charge in [0.2, 0.25) is 0 Å². The molecule has 0 saturated heterocycles. The Balaban J connectivity index is 2.04. The van der Waals surface area contributed by atoms with Crippen LogP contribution in [0.25, 0.3) is 0 Å². The number of hydrogen-bond donors (Lipinski definition) is 1. The van der Waals surface area contributed by atoms with Crippen LogP contribution in [0.1, 0.15) is 31.4 Å². The highest BCUT2D eigenvalue weighted by Gasteiger charge is 2.16. The fourth-order valence-corrected chi connectivity index (χ4v) is 2.61. The molecule has 1 heterocycles. The van der Waals surface area contributed by atoms with Gasteiger partial charge in [0.1, 0.15) is 5.75 Å². The number of rotatable bonds is 4. The largest absolute Gasteiger partial charge is 0.501 e. The molecule has 108 valence electrons. The molecule has 0 aliphatic carbocycles. The molecule has 2 rings (SSSR count). The fraction of sp³-hybridized carbons (Fsp3) is 0.400. The lowest BCUT2D eigenvalue weighted by molar-refractivity contribution is -0.118. The second-order valence-corrected chi connectivity index (χ2v) is 5.56. The van der Waals surface area contributed by atoms with Crippen molar-refractivity contribution in [2.45, 2.75) is 25.8 Å². The number of amides is 1. The number of carbonyl (C=O) groups excluding carboxylic acids is 1. The molecular formula is C15H18BrNO3. The number of carbonyl (C=O) groups is 1. The van der Waals surface area contributed by atoms with E-state index in [-0.39, 0.29) is 11.9 Å². The molecule has 1 aliphatic heterocycles. The molecule has 1 N–H and O–H groups in total. The summed E-state index contributed by atoms with van der Waals surface area (Å²) in [7, 11) is 1.63. The average molecular weight is 340 g/mol. The zero-order valence-electron chi connectivity index (χ0n) is 11.6. The van der Waals surface area contributed by atoms with E-state index >= 15 is 0 Å². The van der Waals surface area contributed by atoms with E-state index in [1.165, 1.54) is 0 Å². The van der Waals surface area contributed by atoms with Gasteiger partial charge >= 0.3 is 0 Å². The van der Waals surface area contributed by atoms with Gasteiger partial charge in [0, 0.05) is 0 Å². The number of methoxy groups -OCH3 is 1. The summed E-state index contributed by atoms with van der Waals surface area (Å²) in [6, 6.07) is 5.70. The summed E-state index contributed by atoms with van der Waals surface area (Å²) in [4.78, 5) is 12.1. The fourth-order valence-electron chi connectivity index (χ4n) is 2.06. The molecule has 20 heavy (non-hydrogen) atoms. The van der Waals surface area contributed by atoms with Gasteiger partial charge in [-0.3, -0.25) is 4.79 Å². The molecule has 0 aromatic heterocycles. The van der Waals surface area contributed by atoms with Crippen molar-refractivity contribution in [3.8, 4) is 5.75 Å². The minimum Gasteiger partial charge on any atom is -0.501 e. The predicted molar refractivity (Wildman–Crippen MR) is 80.5 cm³/mol. The molecule has 0 saturated carbocycles. The molecule has 1 amide bonds. The lowest BCUT2D eigenvalue weighted by Crippen LogP contribution is -2.29. The summed E-state index contributed by atoms with van der Waals surface area (Å²) >= 11 is 3.45. The summed E-state index contributed by atoms with van der Waals surface area (Å²) in [6.45, 7) is 2.65. The van der Waals surface area contributed by atoms with Crippen molar-refractivity contribution in [1.29, 1.82) is 0 Å². The third-order valence-corrected chi connectivity index (χ3v) is 3.87. The van der Waals surface area contributed by atoms with E-state index in [0.29, 0.717) is 12.2 Å². The van der Waals surface area contributed by atoms with Gasteiger partial charge in [0.05, 0.1) is 36.1 Å². The van der Waals surface area contributed by atoms with Gasteiger partial charge in [-0.15, -0.1) is 0 Å². The molecule has 1 aromatic carbocycles. The number of hydrogen-bond acceptors (Lipinski definition) is 3. The van der Waals surface area contributed by atoms with Crippen molar-refractivity contribution in [1.82, 2.24) is 5.32 Å². The Hall–Kier alpha value is -1.49. The average Bonchev–Trinajstić information content (AvgIpc) is 2.48. The van der Waals surface area contributed by atoms with Crippen LogP contribution in [0.5, 0.6) is 5.75 Å². The van der Waals surface area contributed by atoms with E-state index in [1.807, 2.05) is 25.1 Å². The number of halogens is 1. The Morgan fingerprint density at radius 2 is 2.30 bits per heavy atom. The molecule has 4 nitrogen and oxygen atoms in total. The highest BCUT2D eigenvalue weighted by molar-refractivity contribution is 9.10. The summed E-state index contributed by atoms with van der Waals surface area (Å²) in [5.74, 6) is 0.708. The Morgan fingerprint density at radius 1 is 1.50 bits per heavy atom. The van der Waals surface area contributed by atoms with Crippen LogP contribution in [-0.2, 0) is 9.53 Å². The molecule has 1 atom stereocenters. The van der Waals surface area contributed by atoms with Gasteiger partial charge in [-0.05, 0) is 53.4 Å². The van der Waals surface area contributed by atoms with E-state index < -0.39 is 0 Å². The number of ether oxygens (including phenoxy) is 2. The summed E-state index contributed by atoms with van der Waals surface area (Å²) in [5.41, 5.74) is 1.72. The summed E-state index contributed by atoms with van der Waals surface area (Å²) in [5, 5.41) is 2.98. The molecule has 0 unspecified atom stereocenters. The second kappa shape index (κ2) is 6.79. The van der Waals surface area contributed by atoms with E-state index in [1.54, 1.807) is 13.4 Å². The lowest BCUT2D eigenvalue weighted by atomic mass is 10.1. The Kier molecular flexibility index (Phi) is 5.06. The van der Waals surface area contributed by atoms with E-state index in [4.69, 9.17) is 9.47 Å². The van der Waals surface area contributed by atoms with Gasteiger partial charge < -0.3 is 14.8 Å². The van der Waals surface area contributed by atoms with Crippen molar-refractivity contribution >= 4 is 21.8 Å². The lowest BCUT2D eigenvalue weighted by Gasteiger charge is -2.18. The van der Waals surface area contributed by atoms with Crippen LogP contribution in [0.2, 0.25) is 0 Å². The van der Waals surface area contributed by atoms with Crippen molar-refractivity contribution in [3.63, 3.8) is 0 Å². The highest BCUT2D eigenvalue weighted by Crippen LogP contribution is 2.28. The Labute approximate surface area is 127 Å². The Bertz CT molecular complexity index is 528. The SMILES string of the molecule is COc1ccc([C@@H](C)NC(=O)C2=COCCC2)cc1Br. The van der Waals surface area contributed by atoms with Gasteiger partial charge in [-0.1, -0.05) is 6.07 Å². The van der Waals surface area contributed by atoms with Gasteiger partial charge in [0.15, 0.2) is 0 Å². The minimum atomic E-state index is -0.0764. The minimum absolute atomic E-state index is 0.0656. The molecule has 0 fully saturated rings. The summed E-state index contributed by atoms with van der Waals surface area (Å²) < 4.78 is 11.3. The Morgan fingerprint density at radius 3 is 2.90 bits per heavy atom. The van der Waals surface area contributed by atoms with Crippen LogP contribution >= 0.6 is 15.9 Å². The summed E-state index contributed by atoms with van der Waals surface area (Å²) in [6.07, 6.45) is 3.22. The molecule has 5 heteroatoms. The van der Waals surface area contributed by atoms with E-state index in [2.05, 4.69) is 21.2 Å². The van der Waals surface area contributed by atoms with E-state index in [0.717, 1.165) is 28.6 Å². The maximum atomic E-state index is 12.1. The third-order valence-electron chi connectivity index (χ3n) is 3.25. The van der Waals surface area contributed by atoms with E-state index in [9.17, 15) is 4.79 Å². The smallest absolute Gasteiger partial charge is 0.250 e. The van der Waals surface area contributed by atoms with Crippen molar-refractivity contribution in [3.05, 3.63) is 40.1 Å². The van der Waals surface area contributed by atoms with Gasteiger partial charge in [0.25, 0.3) is 5.91 Å². The zero-order chi connectivity index (χ0) is 14.5. The third kappa shape index (κ3) is 3.54. The molecular weight excluding hydrogens is 322 g/mol. The van der Waals surface area contributed by atoms with Crippen molar-refractivity contribution in [2.24, 2.45) is 0 Å². The molecule has 0 bridgehead atoms. The first-order valence-corrected chi connectivity index (χ1v) is 7.36. The normalized spacial score (nSPS) is 15.8. The quantitative estimate of drug-likeness (QED) is 0.915. The first kappa shape index (κ1) is 14.9. The van der Waals surface area contributed by atoms with Crippen LogP contribution in [-0.4, -0.2) is 19.6 Å². The van der Waals surface area contributed by atoms with Crippen molar-refractivity contribution in [2.75, 3.05) is 13.7 Å². The van der Waals surface area contributed by atoms with Crippen LogP contribution in [0.3, 0.4) is 0 Å². The van der Waals surface area contributed by atoms with Gasteiger partial charge in [-0.2, -0.15) is 0 Å². The highest BCUT2D eigenvalue weighted by atomic mass is 79.9. The predicted octanol–water partition coefficient (Wildman–Crippen LogP) is 3.33. The maximum Gasteiger partial charge on any atom is 0.250 e.